The Labute approximate surface area is 283 Å². The SMILES string of the molecule is C1=C(c2ccccc2)N=C(c2cccc(-c3cccc(-c4cccc(-c5cccc(-c6ccccc6)c5)c4)c3)c2)CC1c1ccccc1. The molecule has 0 radical (unpaired) electrons. The zero-order valence-corrected chi connectivity index (χ0v) is 26.7. The highest BCUT2D eigenvalue weighted by Crippen LogP contribution is 2.35. The molecule has 0 amide bonds. The highest BCUT2D eigenvalue weighted by Gasteiger charge is 2.21. The predicted octanol–water partition coefficient (Wildman–Crippen LogP) is 12.4. The topological polar surface area (TPSA) is 12.4 Å². The summed E-state index contributed by atoms with van der Waals surface area (Å²) in [4.78, 5) is 5.24. The van der Waals surface area contributed by atoms with Crippen molar-refractivity contribution in [2.45, 2.75) is 12.3 Å². The van der Waals surface area contributed by atoms with Crippen LogP contribution in [0.25, 0.3) is 50.2 Å². The van der Waals surface area contributed by atoms with E-state index in [1.165, 1.54) is 55.6 Å². The summed E-state index contributed by atoms with van der Waals surface area (Å²) in [5, 5.41) is 0. The van der Waals surface area contributed by atoms with Gasteiger partial charge in [0.05, 0.1) is 5.70 Å². The van der Waals surface area contributed by atoms with Gasteiger partial charge in [0.1, 0.15) is 0 Å². The molecule has 1 atom stereocenters. The first-order valence-electron chi connectivity index (χ1n) is 16.6. The molecule has 1 aliphatic heterocycles. The molecule has 0 aliphatic carbocycles. The van der Waals surface area contributed by atoms with E-state index in [1.807, 2.05) is 0 Å². The van der Waals surface area contributed by atoms with Crippen molar-refractivity contribution in [3.05, 3.63) is 211 Å². The van der Waals surface area contributed by atoms with Crippen molar-refractivity contribution in [1.29, 1.82) is 0 Å². The van der Waals surface area contributed by atoms with Crippen molar-refractivity contribution in [3.63, 3.8) is 0 Å². The fourth-order valence-electron chi connectivity index (χ4n) is 6.70. The second kappa shape index (κ2) is 13.4. The lowest BCUT2D eigenvalue weighted by Gasteiger charge is -2.22. The van der Waals surface area contributed by atoms with Gasteiger partial charge >= 0.3 is 0 Å². The average molecular weight is 614 g/mol. The molecule has 0 N–H and O–H groups in total. The number of aliphatic imine (C=N–C) groups is 1. The van der Waals surface area contributed by atoms with E-state index in [0.29, 0.717) is 0 Å². The summed E-state index contributed by atoms with van der Waals surface area (Å²) in [6.07, 6.45) is 3.19. The fourth-order valence-corrected chi connectivity index (χ4v) is 6.70. The van der Waals surface area contributed by atoms with E-state index in [4.69, 9.17) is 4.99 Å². The van der Waals surface area contributed by atoms with Gasteiger partial charge in [-0.2, -0.15) is 0 Å². The van der Waals surface area contributed by atoms with Gasteiger partial charge in [-0.05, 0) is 85.5 Å². The minimum atomic E-state index is 0.265. The van der Waals surface area contributed by atoms with Crippen LogP contribution in [0.2, 0.25) is 0 Å². The fraction of sp³-hybridized carbons (Fsp3) is 0.0426. The van der Waals surface area contributed by atoms with Crippen molar-refractivity contribution in [1.82, 2.24) is 0 Å². The monoisotopic (exact) mass is 613 g/mol. The second-order valence-corrected chi connectivity index (χ2v) is 12.4. The first-order chi connectivity index (χ1) is 23.8. The number of nitrogens with zero attached hydrogens (tertiary/aromatic N) is 1. The summed E-state index contributed by atoms with van der Waals surface area (Å²) >= 11 is 0. The maximum absolute atomic E-state index is 5.24. The Morgan fingerprint density at radius 3 is 1.17 bits per heavy atom. The molecule has 7 aromatic carbocycles. The van der Waals surface area contributed by atoms with Crippen LogP contribution in [0.4, 0.5) is 0 Å². The van der Waals surface area contributed by atoms with Gasteiger partial charge in [0, 0.05) is 18.1 Å². The number of rotatable bonds is 7. The summed E-state index contributed by atoms with van der Waals surface area (Å²) in [6, 6.07) is 67.3. The zero-order chi connectivity index (χ0) is 32.1. The molecule has 1 heteroatoms. The van der Waals surface area contributed by atoms with Crippen LogP contribution in [0.5, 0.6) is 0 Å². The van der Waals surface area contributed by atoms with Crippen molar-refractivity contribution < 1.29 is 0 Å². The van der Waals surface area contributed by atoms with Crippen molar-refractivity contribution in [2.75, 3.05) is 0 Å². The maximum Gasteiger partial charge on any atom is 0.0671 e. The molecular weight excluding hydrogens is 579 g/mol. The normalized spacial score (nSPS) is 14.2. The average Bonchev–Trinajstić information content (AvgIpc) is 3.19. The Morgan fingerprint density at radius 2 is 0.688 bits per heavy atom. The third-order valence-corrected chi connectivity index (χ3v) is 9.22. The first-order valence-corrected chi connectivity index (χ1v) is 16.6. The third kappa shape index (κ3) is 6.32. The van der Waals surface area contributed by atoms with Gasteiger partial charge in [0.2, 0.25) is 0 Å². The number of allylic oxidation sites excluding steroid dienone is 1. The molecular formula is C47H35N. The highest BCUT2D eigenvalue weighted by atomic mass is 14.8. The largest absolute Gasteiger partial charge is 0.252 e. The summed E-state index contributed by atoms with van der Waals surface area (Å²) in [6.45, 7) is 0. The van der Waals surface area contributed by atoms with Crippen molar-refractivity contribution >= 4 is 11.4 Å². The van der Waals surface area contributed by atoms with Crippen LogP contribution >= 0.6 is 0 Å². The van der Waals surface area contributed by atoms with E-state index in [2.05, 4.69) is 194 Å². The Morgan fingerprint density at radius 1 is 0.333 bits per heavy atom. The predicted molar refractivity (Wildman–Crippen MR) is 203 cm³/mol. The van der Waals surface area contributed by atoms with Crippen LogP contribution in [0, 0.1) is 0 Å². The minimum absolute atomic E-state index is 0.265. The zero-order valence-electron chi connectivity index (χ0n) is 26.7. The van der Waals surface area contributed by atoms with Crippen LogP contribution in [-0.4, -0.2) is 5.71 Å². The Bertz CT molecular complexity index is 2240. The van der Waals surface area contributed by atoms with Gasteiger partial charge in [-0.25, -0.2) is 0 Å². The Kier molecular flexibility index (Phi) is 8.17. The number of benzene rings is 7. The smallest absolute Gasteiger partial charge is 0.0671 e. The van der Waals surface area contributed by atoms with Gasteiger partial charge in [0.25, 0.3) is 0 Å². The second-order valence-electron chi connectivity index (χ2n) is 12.4. The molecule has 7 aromatic rings. The van der Waals surface area contributed by atoms with E-state index in [0.717, 1.165) is 23.4 Å². The minimum Gasteiger partial charge on any atom is -0.252 e. The van der Waals surface area contributed by atoms with Gasteiger partial charge < -0.3 is 0 Å². The highest BCUT2D eigenvalue weighted by molar-refractivity contribution is 6.06. The lowest BCUT2D eigenvalue weighted by molar-refractivity contribution is 0.879. The van der Waals surface area contributed by atoms with Gasteiger partial charge in [-0.3, -0.25) is 4.99 Å². The Hall–Kier alpha value is -6.05. The third-order valence-electron chi connectivity index (χ3n) is 9.22. The van der Waals surface area contributed by atoms with Crippen molar-refractivity contribution in [2.24, 2.45) is 4.99 Å². The van der Waals surface area contributed by atoms with E-state index in [-0.39, 0.29) is 5.92 Å². The van der Waals surface area contributed by atoms with E-state index < -0.39 is 0 Å². The maximum atomic E-state index is 5.24. The van der Waals surface area contributed by atoms with Crippen LogP contribution in [0.3, 0.4) is 0 Å². The first kappa shape index (κ1) is 29.4. The standard InChI is InChI=1S/C47H35N/c1-4-14-34(15-5-1)37-20-10-21-38(28-37)39-22-11-23-40(29-39)41-24-12-25-42(30-41)43-26-13-27-44(31-43)47-33-45(35-16-6-2-7-17-35)32-46(48-47)36-18-8-3-9-19-36/h1-32,45H,33H2. The summed E-state index contributed by atoms with van der Waals surface area (Å²) < 4.78 is 0. The molecule has 48 heavy (non-hydrogen) atoms. The van der Waals surface area contributed by atoms with Gasteiger partial charge in [-0.1, -0.05) is 170 Å². The van der Waals surface area contributed by atoms with Crippen LogP contribution in [-0.2, 0) is 0 Å². The van der Waals surface area contributed by atoms with E-state index >= 15 is 0 Å². The molecule has 0 saturated heterocycles. The molecule has 0 aromatic heterocycles. The quantitative estimate of drug-likeness (QED) is 0.170. The lowest BCUT2D eigenvalue weighted by Crippen LogP contribution is -2.12. The molecule has 8 rings (SSSR count). The number of hydrogen-bond donors (Lipinski definition) is 0. The molecule has 1 aliphatic rings. The van der Waals surface area contributed by atoms with Crippen LogP contribution in [0.15, 0.2) is 199 Å². The number of hydrogen-bond acceptors (Lipinski definition) is 1. The van der Waals surface area contributed by atoms with Gasteiger partial charge in [0.15, 0.2) is 0 Å². The summed E-state index contributed by atoms with van der Waals surface area (Å²) in [7, 11) is 0. The van der Waals surface area contributed by atoms with Crippen LogP contribution < -0.4 is 0 Å². The molecule has 1 heterocycles. The van der Waals surface area contributed by atoms with E-state index in [1.54, 1.807) is 0 Å². The molecule has 1 nitrogen and oxygen atoms in total. The van der Waals surface area contributed by atoms with E-state index in [9.17, 15) is 0 Å². The molecule has 1 unspecified atom stereocenters. The lowest BCUT2D eigenvalue weighted by atomic mass is 9.86. The summed E-state index contributed by atoms with van der Waals surface area (Å²) in [5.41, 5.74) is 15.5. The van der Waals surface area contributed by atoms with Crippen LogP contribution in [0.1, 0.15) is 29.0 Å². The van der Waals surface area contributed by atoms with Crippen molar-refractivity contribution in [3.8, 4) is 44.5 Å². The molecule has 0 fully saturated rings. The van der Waals surface area contributed by atoms with Gasteiger partial charge in [-0.15, -0.1) is 0 Å². The summed E-state index contributed by atoms with van der Waals surface area (Å²) in [5.74, 6) is 0.265. The Balaban J connectivity index is 1.11. The molecule has 228 valence electrons. The molecule has 0 saturated carbocycles. The molecule has 0 spiro atoms. The molecule has 0 bridgehead atoms.